The van der Waals surface area contributed by atoms with Crippen LogP contribution in [0.15, 0.2) is 12.2 Å². The highest BCUT2D eigenvalue weighted by Crippen LogP contribution is 2.67. The molecule has 3 unspecified atom stereocenters. The molecule has 0 aromatic carbocycles. The van der Waals surface area contributed by atoms with Crippen molar-refractivity contribution in [2.75, 3.05) is 0 Å². The standard InChI is InChI=1S/C22H34O2/c1-13(2)17-7-8-18-16-6-5-14-11-15(23)9-10-21(14,3)20(16)19(24)12-22(17,18)4/h14-18,20,23H,1,5-12H2,2-4H3/t14-,15+,16?,17+,18?,20?,21-,22+/m0/s1. The Bertz CT molecular complexity index is 566. The predicted molar refractivity (Wildman–Crippen MR) is 96.4 cm³/mol. The summed E-state index contributed by atoms with van der Waals surface area (Å²) >= 11 is 0. The highest BCUT2D eigenvalue weighted by atomic mass is 16.3. The van der Waals surface area contributed by atoms with E-state index >= 15 is 0 Å². The largest absolute Gasteiger partial charge is 0.393 e. The lowest BCUT2D eigenvalue weighted by Crippen LogP contribution is -2.57. The first-order chi connectivity index (χ1) is 11.3. The first-order valence-electron chi connectivity index (χ1n) is 10.1. The molecule has 0 saturated heterocycles. The van der Waals surface area contributed by atoms with Gasteiger partial charge < -0.3 is 5.11 Å². The summed E-state index contributed by atoms with van der Waals surface area (Å²) in [7, 11) is 0. The van der Waals surface area contributed by atoms with Crippen LogP contribution in [0.4, 0.5) is 0 Å². The smallest absolute Gasteiger partial charge is 0.137 e. The first-order valence-corrected chi connectivity index (χ1v) is 10.1. The molecule has 4 aliphatic carbocycles. The Morgan fingerprint density at radius 2 is 1.88 bits per heavy atom. The molecule has 0 bridgehead atoms. The number of allylic oxidation sites excluding steroid dienone is 1. The van der Waals surface area contributed by atoms with E-state index in [-0.39, 0.29) is 22.9 Å². The van der Waals surface area contributed by atoms with Gasteiger partial charge in [0.15, 0.2) is 0 Å². The maximum absolute atomic E-state index is 13.4. The summed E-state index contributed by atoms with van der Waals surface area (Å²) in [6.45, 7) is 11.2. The van der Waals surface area contributed by atoms with E-state index in [4.69, 9.17) is 0 Å². The summed E-state index contributed by atoms with van der Waals surface area (Å²) in [4.78, 5) is 13.4. The Morgan fingerprint density at radius 1 is 1.12 bits per heavy atom. The number of rotatable bonds is 1. The lowest BCUT2D eigenvalue weighted by atomic mass is 9.44. The average molecular weight is 331 g/mol. The maximum Gasteiger partial charge on any atom is 0.137 e. The van der Waals surface area contributed by atoms with Crippen LogP contribution in [0.3, 0.4) is 0 Å². The van der Waals surface area contributed by atoms with Crippen molar-refractivity contribution < 1.29 is 9.90 Å². The highest BCUT2D eigenvalue weighted by Gasteiger charge is 2.63. The molecule has 24 heavy (non-hydrogen) atoms. The van der Waals surface area contributed by atoms with Crippen molar-refractivity contribution in [1.82, 2.24) is 0 Å². The fourth-order valence-electron chi connectivity index (χ4n) is 7.86. The van der Waals surface area contributed by atoms with Crippen molar-refractivity contribution >= 4 is 5.78 Å². The molecule has 0 amide bonds. The lowest BCUT2D eigenvalue weighted by Gasteiger charge is -2.60. The first kappa shape index (κ1) is 16.8. The Hall–Kier alpha value is -0.630. The highest BCUT2D eigenvalue weighted by molar-refractivity contribution is 5.84. The van der Waals surface area contributed by atoms with Crippen LogP contribution in [0.25, 0.3) is 0 Å². The fourth-order valence-corrected chi connectivity index (χ4v) is 7.86. The van der Waals surface area contributed by atoms with Gasteiger partial charge in [0.2, 0.25) is 0 Å². The second-order valence-electron chi connectivity index (χ2n) is 10.1. The summed E-state index contributed by atoms with van der Waals surface area (Å²) in [5, 5.41) is 10.1. The van der Waals surface area contributed by atoms with Crippen LogP contribution in [0.2, 0.25) is 0 Å². The molecule has 0 aromatic heterocycles. The molecule has 0 aromatic rings. The zero-order chi connectivity index (χ0) is 17.3. The van der Waals surface area contributed by atoms with Crippen LogP contribution in [-0.2, 0) is 4.79 Å². The van der Waals surface area contributed by atoms with Gasteiger partial charge in [0, 0.05) is 12.3 Å². The number of carbonyl (C=O) groups excluding carboxylic acids is 1. The molecule has 4 rings (SSSR count). The quantitative estimate of drug-likeness (QED) is 0.704. The topological polar surface area (TPSA) is 37.3 Å². The van der Waals surface area contributed by atoms with Crippen LogP contribution >= 0.6 is 0 Å². The van der Waals surface area contributed by atoms with E-state index in [9.17, 15) is 9.90 Å². The van der Waals surface area contributed by atoms with Crippen molar-refractivity contribution in [2.24, 2.45) is 40.4 Å². The molecule has 0 spiro atoms. The van der Waals surface area contributed by atoms with Crippen molar-refractivity contribution in [3.8, 4) is 0 Å². The molecule has 134 valence electrons. The molecule has 0 heterocycles. The van der Waals surface area contributed by atoms with Gasteiger partial charge in [-0.2, -0.15) is 0 Å². The SMILES string of the molecule is C=C(C)[C@H]1CCC2C3CC[C@H]4C[C@H](O)CC[C@]4(C)C3C(=O)C[C@@]21C. The summed E-state index contributed by atoms with van der Waals surface area (Å²) < 4.78 is 0. The zero-order valence-corrected chi connectivity index (χ0v) is 15.7. The summed E-state index contributed by atoms with van der Waals surface area (Å²) in [6.07, 6.45) is 8.41. The maximum atomic E-state index is 13.4. The minimum atomic E-state index is -0.136. The van der Waals surface area contributed by atoms with Crippen LogP contribution in [-0.4, -0.2) is 17.0 Å². The van der Waals surface area contributed by atoms with Gasteiger partial charge in [-0.05, 0) is 86.4 Å². The van der Waals surface area contributed by atoms with Gasteiger partial charge in [-0.3, -0.25) is 4.79 Å². The average Bonchev–Trinajstić information content (AvgIpc) is 2.84. The van der Waals surface area contributed by atoms with Crippen LogP contribution in [0.5, 0.6) is 0 Å². The second-order valence-corrected chi connectivity index (χ2v) is 10.1. The van der Waals surface area contributed by atoms with Gasteiger partial charge in [0.05, 0.1) is 6.10 Å². The molecule has 8 atom stereocenters. The third-order valence-electron chi connectivity index (χ3n) is 8.92. The van der Waals surface area contributed by atoms with Gasteiger partial charge in [-0.1, -0.05) is 26.0 Å². The predicted octanol–water partition coefficient (Wildman–Crippen LogP) is 4.76. The molecule has 0 radical (unpaired) electrons. The monoisotopic (exact) mass is 330 g/mol. The van der Waals surface area contributed by atoms with Crippen molar-refractivity contribution in [3.05, 3.63) is 12.2 Å². The number of hydrogen-bond acceptors (Lipinski definition) is 2. The van der Waals surface area contributed by atoms with E-state index < -0.39 is 0 Å². The van der Waals surface area contributed by atoms with E-state index in [1.165, 1.54) is 31.3 Å². The fraction of sp³-hybridized carbons (Fsp3) is 0.864. The second kappa shape index (κ2) is 5.43. The third-order valence-corrected chi connectivity index (χ3v) is 8.92. The van der Waals surface area contributed by atoms with Crippen LogP contribution in [0, 0.1) is 40.4 Å². The number of carbonyl (C=O) groups is 1. The lowest BCUT2D eigenvalue weighted by molar-refractivity contribution is -0.160. The summed E-state index contributed by atoms with van der Waals surface area (Å²) in [5.74, 6) is 3.16. The molecule has 4 aliphatic rings. The Morgan fingerprint density at radius 3 is 2.58 bits per heavy atom. The van der Waals surface area contributed by atoms with E-state index in [1.807, 2.05) is 0 Å². The van der Waals surface area contributed by atoms with E-state index in [0.717, 1.165) is 25.7 Å². The molecular formula is C22H34O2. The number of fused-ring (bicyclic) bond motifs is 5. The molecule has 2 heteroatoms. The molecule has 1 N–H and O–H groups in total. The van der Waals surface area contributed by atoms with Crippen molar-refractivity contribution in [2.45, 2.75) is 78.2 Å². The number of hydrogen-bond donors (Lipinski definition) is 1. The van der Waals surface area contributed by atoms with Gasteiger partial charge in [0.1, 0.15) is 5.78 Å². The Balaban J connectivity index is 1.68. The Kier molecular flexibility index (Phi) is 3.81. The molecular weight excluding hydrogens is 296 g/mol. The molecule has 0 aliphatic heterocycles. The van der Waals surface area contributed by atoms with Crippen LogP contribution in [0.1, 0.15) is 72.1 Å². The van der Waals surface area contributed by atoms with Crippen molar-refractivity contribution in [3.63, 3.8) is 0 Å². The van der Waals surface area contributed by atoms with E-state index in [1.54, 1.807) is 0 Å². The van der Waals surface area contributed by atoms with Gasteiger partial charge >= 0.3 is 0 Å². The molecule has 4 saturated carbocycles. The van der Waals surface area contributed by atoms with Gasteiger partial charge in [-0.25, -0.2) is 0 Å². The number of aliphatic hydroxyl groups excluding tert-OH is 1. The number of Topliss-reactive ketones (excluding diaryl/α,β-unsaturated/α-hetero) is 1. The van der Waals surface area contributed by atoms with E-state index in [2.05, 4.69) is 27.4 Å². The van der Waals surface area contributed by atoms with Crippen LogP contribution < -0.4 is 0 Å². The van der Waals surface area contributed by atoms with Crippen molar-refractivity contribution in [1.29, 1.82) is 0 Å². The Labute approximate surface area is 147 Å². The molecule has 4 fully saturated rings. The van der Waals surface area contributed by atoms with E-state index in [0.29, 0.717) is 29.5 Å². The zero-order valence-electron chi connectivity index (χ0n) is 15.7. The summed E-state index contributed by atoms with van der Waals surface area (Å²) in [5.41, 5.74) is 1.58. The normalized spacial score (nSPS) is 53.9. The minimum absolute atomic E-state index is 0.136. The summed E-state index contributed by atoms with van der Waals surface area (Å²) in [6, 6.07) is 0. The molecule has 2 nitrogen and oxygen atoms in total. The van der Waals surface area contributed by atoms with Gasteiger partial charge in [0.25, 0.3) is 0 Å². The minimum Gasteiger partial charge on any atom is -0.393 e. The number of aliphatic hydroxyl groups is 1. The number of ketones is 1. The van der Waals surface area contributed by atoms with Gasteiger partial charge in [-0.15, -0.1) is 0 Å². The third kappa shape index (κ3) is 2.14.